The van der Waals surface area contributed by atoms with E-state index < -0.39 is 23.7 Å². The minimum atomic E-state index is -2.25. The Kier molecular flexibility index (Phi) is 14.5. The van der Waals surface area contributed by atoms with Crippen molar-refractivity contribution in [3.05, 3.63) is 30.1 Å². The van der Waals surface area contributed by atoms with Crippen molar-refractivity contribution in [1.82, 2.24) is 15.1 Å². The van der Waals surface area contributed by atoms with E-state index in [1.165, 1.54) is 48.8 Å². The van der Waals surface area contributed by atoms with Crippen LogP contribution in [0.3, 0.4) is 0 Å². The maximum atomic E-state index is 13.4. The first kappa shape index (κ1) is 35.6. The molecule has 12 heteroatoms. The lowest BCUT2D eigenvalue weighted by Gasteiger charge is -2.22. The maximum absolute atomic E-state index is 13.4. The Labute approximate surface area is 252 Å². The highest BCUT2D eigenvalue weighted by molar-refractivity contribution is 5.93. The molecule has 1 aromatic rings. The molecule has 5 rings (SSSR count). The van der Waals surface area contributed by atoms with Crippen LogP contribution in [0.15, 0.2) is 24.3 Å². The van der Waals surface area contributed by atoms with Crippen LogP contribution in [0.1, 0.15) is 65.7 Å². The molecule has 1 aromatic carbocycles. The molecule has 9 nitrogen and oxygen atoms in total. The monoisotopic (exact) mass is 607 g/mol. The van der Waals surface area contributed by atoms with Gasteiger partial charge in [-0.25, -0.2) is 13.2 Å². The van der Waals surface area contributed by atoms with Crippen LogP contribution in [0, 0.1) is 40.8 Å². The lowest BCUT2D eigenvalue weighted by molar-refractivity contribution is -0.130. The van der Waals surface area contributed by atoms with Crippen LogP contribution in [0.2, 0.25) is 0 Å². The van der Waals surface area contributed by atoms with Crippen LogP contribution in [0.25, 0.3) is 0 Å². The first-order valence-corrected chi connectivity index (χ1v) is 14.9. The largest absolute Gasteiger partial charge is 0.350 e. The van der Waals surface area contributed by atoms with E-state index in [0.717, 1.165) is 30.8 Å². The topological polar surface area (TPSA) is 123 Å². The van der Waals surface area contributed by atoms with Crippen LogP contribution < -0.4 is 10.6 Å². The molecule has 43 heavy (non-hydrogen) atoms. The quantitative estimate of drug-likeness (QED) is 0.458. The molecule has 2 saturated heterocycles. The summed E-state index contributed by atoms with van der Waals surface area (Å²) in [5.74, 6) is -1.29. The zero-order valence-electron chi connectivity index (χ0n) is 25.2. The van der Waals surface area contributed by atoms with Gasteiger partial charge in [0.1, 0.15) is 11.9 Å². The molecule has 4 amide bonds. The number of nitrogens with zero attached hydrogens (tertiary/aromatic N) is 3. The molecule has 2 heterocycles. The number of halogens is 3. The summed E-state index contributed by atoms with van der Waals surface area (Å²) in [6.07, 6.45) is 6.83. The molecule has 2 N–H and O–H groups in total. The number of likely N-dealkylation sites (tertiary alicyclic amines) is 2. The molecule has 0 spiro atoms. The van der Waals surface area contributed by atoms with Crippen molar-refractivity contribution < 1.29 is 32.3 Å². The van der Waals surface area contributed by atoms with E-state index in [2.05, 4.69) is 31.4 Å². The SMILES string of the molecule is CC(C)C.FC1(F)CC1.N#CC1CC(C(=O)Nc2ccccc2F)CN1C=O.O=CNCC(=O)N1CC2CCCCC2C1. The summed E-state index contributed by atoms with van der Waals surface area (Å²) in [5.41, 5.74) is 0.102. The van der Waals surface area contributed by atoms with Gasteiger partial charge < -0.3 is 20.4 Å². The summed E-state index contributed by atoms with van der Waals surface area (Å²) in [4.78, 5) is 47.6. The Morgan fingerprint density at radius 2 is 1.63 bits per heavy atom. The van der Waals surface area contributed by atoms with Crippen LogP contribution in [0.4, 0.5) is 18.9 Å². The molecule has 0 bridgehead atoms. The van der Waals surface area contributed by atoms with Gasteiger partial charge in [-0.05, 0) is 49.1 Å². The molecule has 2 saturated carbocycles. The molecule has 4 atom stereocenters. The summed E-state index contributed by atoms with van der Waals surface area (Å²) in [5, 5.41) is 13.8. The molecule has 4 unspecified atom stereocenters. The van der Waals surface area contributed by atoms with Gasteiger partial charge in [-0.15, -0.1) is 0 Å². The predicted molar refractivity (Wildman–Crippen MR) is 156 cm³/mol. The molecular formula is C31H44F3N5O4. The van der Waals surface area contributed by atoms with Crippen LogP contribution in [-0.4, -0.2) is 72.6 Å². The second-order valence-electron chi connectivity index (χ2n) is 12.0. The van der Waals surface area contributed by atoms with Gasteiger partial charge in [-0.1, -0.05) is 45.7 Å². The van der Waals surface area contributed by atoms with Crippen molar-refractivity contribution in [2.75, 3.05) is 31.5 Å². The van der Waals surface area contributed by atoms with E-state index in [-0.39, 0.29) is 49.9 Å². The molecule has 0 aromatic heterocycles. The standard InChI is InChI=1S/C13H12FN3O2.C11H18N2O2.C4H10.C3H4F2/c14-11-3-1-2-4-12(11)16-13(19)9-5-10(6-15)17(7-9)8-18;14-8-12-5-11(15)13-6-9-3-1-2-4-10(9)7-13;1-4(2)3;4-3(5)1-2-3/h1-4,8-10H,5,7H2,(H,16,19);8-10H,1-7H2,(H,12,14);4H,1-3H3;1-2H2. The Balaban J connectivity index is 0.000000237. The fraction of sp³-hybridized carbons (Fsp3) is 0.645. The van der Waals surface area contributed by atoms with Crippen molar-refractivity contribution >= 4 is 30.3 Å². The Hall–Kier alpha value is -3.62. The smallest absolute Gasteiger partial charge is 0.248 e. The zero-order valence-corrected chi connectivity index (χ0v) is 25.2. The van der Waals surface area contributed by atoms with E-state index in [1.807, 2.05) is 11.0 Å². The number of nitriles is 1. The van der Waals surface area contributed by atoms with Gasteiger partial charge in [0, 0.05) is 32.5 Å². The number of carbonyl (C=O) groups is 4. The summed E-state index contributed by atoms with van der Waals surface area (Å²) < 4.78 is 35.7. The van der Waals surface area contributed by atoms with E-state index in [9.17, 15) is 32.3 Å². The van der Waals surface area contributed by atoms with E-state index in [4.69, 9.17) is 5.26 Å². The number of rotatable bonds is 6. The Morgan fingerprint density at radius 1 is 1.07 bits per heavy atom. The summed E-state index contributed by atoms with van der Waals surface area (Å²) in [7, 11) is 0. The highest BCUT2D eigenvalue weighted by Crippen LogP contribution is 2.40. The number of fused-ring (bicyclic) bond motifs is 1. The Bertz CT molecular complexity index is 1090. The third kappa shape index (κ3) is 12.6. The van der Waals surface area contributed by atoms with Gasteiger partial charge in [0.15, 0.2) is 0 Å². The number of hydrogen-bond acceptors (Lipinski definition) is 5. The number of para-hydroxylation sites is 1. The van der Waals surface area contributed by atoms with Gasteiger partial charge in [-0.2, -0.15) is 5.26 Å². The first-order chi connectivity index (χ1) is 20.4. The average molecular weight is 608 g/mol. The molecule has 0 radical (unpaired) electrons. The van der Waals surface area contributed by atoms with Crippen molar-refractivity contribution in [1.29, 1.82) is 5.26 Å². The summed E-state index contributed by atoms with van der Waals surface area (Å²) in [6.45, 7) is 8.65. The maximum Gasteiger partial charge on any atom is 0.248 e. The highest BCUT2D eigenvalue weighted by Gasteiger charge is 2.43. The summed E-state index contributed by atoms with van der Waals surface area (Å²) >= 11 is 0. The molecule has 2 aliphatic carbocycles. The van der Waals surface area contributed by atoms with Gasteiger partial charge in [0.25, 0.3) is 0 Å². The van der Waals surface area contributed by atoms with Gasteiger partial charge >= 0.3 is 0 Å². The molecule has 4 fully saturated rings. The molecule has 4 aliphatic rings. The van der Waals surface area contributed by atoms with E-state index >= 15 is 0 Å². The fourth-order valence-corrected chi connectivity index (χ4v) is 5.04. The van der Waals surface area contributed by atoms with Gasteiger partial charge in [-0.3, -0.25) is 19.2 Å². The minimum absolute atomic E-state index is 0.0662. The number of amides is 4. The highest BCUT2D eigenvalue weighted by atomic mass is 19.3. The van der Waals surface area contributed by atoms with Gasteiger partial charge in [0.05, 0.1) is 24.2 Å². The first-order valence-electron chi connectivity index (χ1n) is 14.9. The fourth-order valence-electron chi connectivity index (χ4n) is 5.04. The average Bonchev–Trinajstić information content (AvgIpc) is 3.35. The second kappa shape index (κ2) is 17.5. The predicted octanol–water partition coefficient (Wildman–Crippen LogP) is 4.59. The van der Waals surface area contributed by atoms with Crippen molar-refractivity contribution in [2.24, 2.45) is 23.7 Å². The number of nitrogens with one attached hydrogen (secondary N) is 2. The van der Waals surface area contributed by atoms with E-state index in [0.29, 0.717) is 12.8 Å². The Morgan fingerprint density at radius 3 is 2.07 bits per heavy atom. The number of hydrogen-bond donors (Lipinski definition) is 2. The van der Waals surface area contributed by atoms with E-state index in [1.54, 1.807) is 6.07 Å². The van der Waals surface area contributed by atoms with Crippen molar-refractivity contribution in [3.63, 3.8) is 0 Å². The molecule has 2 aliphatic heterocycles. The lowest BCUT2D eigenvalue weighted by Crippen LogP contribution is -2.36. The van der Waals surface area contributed by atoms with Gasteiger partial charge in [0.2, 0.25) is 30.6 Å². The van der Waals surface area contributed by atoms with Crippen molar-refractivity contribution in [2.45, 2.75) is 77.7 Å². The molecular weight excluding hydrogens is 563 g/mol. The molecule has 238 valence electrons. The van der Waals surface area contributed by atoms with Crippen molar-refractivity contribution in [3.8, 4) is 6.07 Å². The lowest BCUT2D eigenvalue weighted by atomic mass is 9.82. The number of alkyl halides is 2. The second-order valence-corrected chi connectivity index (χ2v) is 12.0. The van der Waals surface area contributed by atoms with Crippen LogP contribution >= 0.6 is 0 Å². The third-order valence-electron chi connectivity index (χ3n) is 7.42. The summed E-state index contributed by atoms with van der Waals surface area (Å²) in [6, 6.07) is 7.23. The normalized spacial score (nSPS) is 24.3. The minimum Gasteiger partial charge on any atom is -0.350 e. The third-order valence-corrected chi connectivity index (χ3v) is 7.42. The number of anilines is 1. The number of carbonyl (C=O) groups excluding carboxylic acids is 4. The zero-order chi connectivity index (χ0) is 32.0. The number of benzene rings is 1. The van der Waals surface area contributed by atoms with Crippen LogP contribution in [0.5, 0.6) is 0 Å². The van der Waals surface area contributed by atoms with Crippen LogP contribution in [-0.2, 0) is 19.2 Å².